The van der Waals surface area contributed by atoms with Gasteiger partial charge in [0, 0.05) is 0 Å². The number of hydrogen-bond donors (Lipinski definition) is 1. The van der Waals surface area contributed by atoms with E-state index in [2.05, 4.69) is 11.6 Å². The number of alkyl halides is 5. The zero-order valence-electron chi connectivity index (χ0n) is 4.65. The molecule has 1 aliphatic rings. The van der Waals surface area contributed by atoms with Crippen LogP contribution in [0.2, 0.25) is 0 Å². The highest BCUT2D eigenvalue weighted by molar-refractivity contribution is 7.90. The van der Waals surface area contributed by atoms with Crippen molar-refractivity contribution in [2.45, 2.75) is 15.6 Å². The van der Waals surface area contributed by atoms with Gasteiger partial charge in [0.2, 0.25) is 0 Å². The van der Waals surface area contributed by atoms with E-state index < -0.39 is 26.4 Å². The van der Waals surface area contributed by atoms with Crippen LogP contribution in [0, 0.1) is 0 Å². The van der Waals surface area contributed by atoms with Crippen molar-refractivity contribution < 1.29 is 26.9 Å². The summed E-state index contributed by atoms with van der Waals surface area (Å²) in [5, 5.41) is 3.55. The minimum Gasteiger partial charge on any atom is -0.360 e. The molecule has 0 amide bonds. The number of halogens is 5. The van der Waals surface area contributed by atoms with Crippen LogP contribution in [0.15, 0.2) is 0 Å². The topological polar surface area (TPSA) is 37.3 Å². The molecule has 1 fully saturated rings. The van der Waals surface area contributed by atoms with Crippen LogP contribution in [0.3, 0.4) is 0 Å². The molecule has 2 unspecified atom stereocenters. The van der Waals surface area contributed by atoms with E-state index in [0.29, 0.717) is 0 Å². The zero-order valence-corrected chi connectivity index (χ0v) is 6.23. The van der Waals surface area contributed by atoms with Gasteiger partial charge >= 0.3 is 11.2 Å². The van der Waals surface area contributed by atoms with Crippen molar-refractivity contribution in [2.24, 2.45) is 0 Å². The maximum Gasteiger partial charge on any atom is 0.392 e. The monoisotopic (exact) mass is 212 g/mol. The molecule has 1 aliphatic heterocycles. The fraction of sp³-hybridized carbons (Fsp3) is 1.00. The van der Waals surface area contributed by atoms with Gasteiger partial charge in [-0.1, -0.05) is 11.6 Å². The van der Waals surface area contributed by atoms with Gasteiger partial charge in [-0.15, -0.1) is 0 Å². The molecule has 1 N–H and O–H groups in total. The standard InChI is InChI=1S/C3HClF4O2S/c4-2(9)1(5,6)3(7,8)11(2)10/h9H. The Balaban J connectivity index is 3.08. The highest BCUT2D eigenvalue weighted by Gasteiger charge is 2.87. The molecule has 0 aromatic carbocycles. The van der Waals surface area contributed by atoms with Crippen LogP contribution < -0.4 is 0 Å². The minimum atomic E-state index is -4.83. The third-order valence-electron chi connectivity index (χ3n) is 1.23. The van der Waals surface area contributed by atoms with Crippen molar-refractivity contribution in [2.75, 3.05) is 0 Å². The Morgan fingerprint density at radius 1 is 1.27 bits per heavy atom. The Kier molecular flexibility index (Phi) is 1.58. The largest absolute Gasteiger partial charge is 0.392 e. The van der Waals surface area contributed by atoms with E-state index in [1.807, 2.05) is 0 Å². The Morgan fingerprint density at radius 2 is 1.64 bits per heavy atom. The average Bonchev–Trinajstić information content (AvgIpc) is 1.84. The summed E-state index contributed by atoms with van der Waals surface area (Å²) in [6, 6.07) is 0. The SMILES string of the molecule is O=S1C(F)(F)C(F)(F)C1(O)Cl. The van der Waals surface area contributed by atoms with Crippen molar-refractivity contribution in [3.63, 3.8) is 0 Å². The summed E-state index contributed by atoms with van der Waals surface area (Å²) in [6.45, 7) is 0. The number of aliphatic hydroxyl groups is 1. The first-order valence-electron chi connectivity index (χ1n) is 2.24. The van der Waals surface area contributed by atoms with Crippen LogP contribution >= 0.6 is 11.6 Å². The molecule has 8 heteroatoms. The predicted octanol–water partition coefficient (Wildman–Crippen LogP) is 0.862. The van der Waals surface area contributed by atoms with E-state index in [1.54, 1.807) is 0 Å². The molecule has 0 bridgehead atoms. The molecule has 1 heterocycles. The molecule has 1 saturated heterocycles. The Labute approximate surface area is 65.6 Å². The molecular formula is C3HClF4O2S. The van der Waals surface area contributed by atoms with Gasteiger partial charge in [0.15, 0.2) is 10.8 Å². The van der Waals surface area contributed by atoms with E-state index in [-0.39, 0.29) is 0 Å². The Bertz CT molecular complexity index is 207. The maximum atomic E-state index is 12.0. The minimum absolute atomic E-state index is 3.44. The first-order chi connectivity index (χ1) is 4.65. The lowest BCUT2D eigenvalue weighted by molar-refractivity contribution is -0.231. The van der Waals surface area contributed by atoms with Crippen LogP contribution in [-0.4, -0.2) is 24.9 Å². The lowest BCUT2D eigenvalue weighted by Crippen LogP contribution is -2.73. The zero-order chi connectivity index (χ0) is 9.08. The lowest BCUT2D eigenvalue weighted by atomic mass is 10.3. The van der Waals surface area contributed by atoms with E-state index in [4.69, 9.17) is 5.11 Å². The molecule has 0 aromatic heterocycles. The van der Waals surface area contributed by atoms with Gasteiger partial charge in [-0.2, -0.15) is 17.6 Å². The second-order valence-electron chi connectivity index (χ2n) is 1.92. The summed E-state index contributed by atoms with van der Waals surface area (Å²) in [7, 11) is -3.44. The van der Waals surface area contributed by atoms with Crippen molar-refractivity contribution in [3.8, 4) is 0 Å². The third-order valence-corrected chi connectivity index (χ3v) is 3.36. The van der Waals surface area contributed by atoms with E-state index in [9.17, 15) is 21.8 Å². The van der Waals surface area contributed by atoms with Crippen LogP contribution in [-0.2, 0) is 10.8 Å². The van der Waals surface area contributed by atoms with E-state index in [1.165, 1.54) is 0 Å². The van der Waals surface area contributed by atoms with Gasteiger partial charge in [0.1, 0.15) is 0 Å². The van der Waals surface area contributed by atoms with E-state index in [0.717, 1.165) is 0 Å². The summed E-state index contributed by atoms with van der Waals surface area (Å²) < 4.78 is 54.4. The molecule has 0 spiro atoms. The first kappa shape index (κ1) is 9.21. The normalized spacial score (nSPS) is 46.5. The van der Waals surface area contributed by atoms with E-state index >= 15 is 0 Å². The predicted molar refractivity (Wildman–Crippen MR) is 28.8 cm³/mol. The van der Waals surface area contributed by atoms with Crippen molar-refractivity contribution in [1.29, 1.82) is 0 Å². The smallest absolute Gasteiger partial charge is 0.360 e. The summed E-state index contributed by atoms with van der Waals surface area (Å²) in [4.78, 5) is 0. The second kappa shape index (κ2) is 1.89. The molecular weight excluding hydrogens is 212 g/mol. The van der Waals surface area contributed by atoms with Gasteiger partial charge in [-0.25, -0.2) is 4.21 Å². The second-order valence-corrected chi connectivity index (χ2v) is 4.33. The number of rotatable bonds is 0. The maximum absolute atomic E-state index is 12.0. The Hall–Kier alpha value is 0.120. The Morgan fingerprint density at radius 3 is 1.73 bits per heavy atom. The van der Waals surface area contributed by atoms with Gasteiger partial charge in [0.05, 0.1) is 0 Å². The molecule has 2 nitrogen and oxygen atoms in total. The van der Waals surface area contributed by atoms with Gasteiger partial charge in [-0.3, -0.25) is 0 Å². The summed E-state index contributed by atoms with van der Waals surface area (Å²) in [6.07, 6.45) is 0. The van der Waals surface area contributed by atoms with Gasteiger partial charge in [0.25, 0.3) is 4.39 Å². The quantitative estimate of drug-likeness (QED) is 0.478. The van der Waals surface area contributed by atoms with Crippen LogP contribution in [0.1, 0.15) is 0 Å². The summed E-state index contributed by atoms with van der Waals surface area (Å²) in [5.41, 5.74) is 0. The molecule has 11 heavy (non-hydrogen) atoms. The van der Waals surface area contributed by atoms with Crippen LogP contribution in [0.5, 0.6) is 0 Å². The van der Waals surface area contributed by atoms with Gasteiger partial charge < -0.3 is 5.11 Å². The third kappa shape index (κ3) is 0.735. The highest BCUT2D eigenvalue weighted by atomic mass is 35.5. The fourth-order valence-electron chi connectivity index (χ4n) is 0.536. The molecule has 0 radical (unpaired) electrons. The fourth-order valence-corrected chi connectivity index (χ4v) is 1.93. The molecule has 1 rings (SSSR count). The van der Waals surface area contributed by atoms with Crippen molar-refractivity contribution in [3.05, 3.63) is 0 Å². The van der Waals surface area contributed by atoms with Crippen LogP contribution in [0.25, 0.3) is 0 Å². The molecule has 2 atom stereocenters. The van der Waals surface area contributed by atoms with Crippen LogP contribution in [0.4, 0.5) is 17.6 Å². The van der Waals surface area contributed by atoms with Gasteiger partial charge in [-0.05, 0) is 0 Å². The summed E-state index contributed by atoms with van der Waals surface area (Å²) in [5.74, 6) is -4.83. The van der Waals surface area contributed by atoms with Crippen molar-refractivity contribution >= 4 is 22.4 Å². The number of hydrogen-bond acceptors (Lipinski definition) is 2. The first-order valence-corrected chi connectivity index (χ1v) is 3.77. The molecule has 0 aliphatic carbocycles. The molecule has 0 saturated carbocycles. The summed E-state index contributed by atoms with van der Waals surface area (Å²) >= 11 is 4.46. The molecule has 0 aromatic rings. The lowest BCUT2D eigenvalue weighted by Gasteiger charge is -2.44. The van der Waals surface area contributed by atoms with Crippen molar-refractivity contribution in [1.82, 2.24) is 0 Å². The average molecular weight is 213 g/mol. The highest BCUT2D eigenvalue weighted by Crippen LogP contribution is 2.59. The molecule has 66 valence electrons.